The van der Waals surface area contributed by atoms with E-state index >= 15 is 0 Å². The van der Waals surface area contributed by atoms with Gasteiger partial charge in [0.2, 0.25) is 0 Å². The van der Waals surface area contributed by atoms with Gasteiger partial charge in [-0.05, 0) is 45.2 Å². The van der Waals surface area contributed by atoms with Crippen molar-refractivity contribution in [1.29, 1.82) is 0 Å². The molecule has 0 N–H and O–H groups in total. The molecule has 2 fully saturated rings. The number of ether oxygens (including phenoxy) is 1. The van der Waals surface area contributed by atoms with E-state index in [4.69, 9.17) is 4.74 Å². The van der Waals surface area contributed by atoms with Crippen LogP contribution in [0.3, 0.4) is 0 Å². The number of carbonyl (C=O) groups excluding carboxylic acids is 1. The lowest BCUT2D eigenvalue weighted by Gasteiger charge is -2.44. The largest absolute Gasteiger partial charge is 0.465 e. The molecule has 2 saturated heterocycles. The van der Waals surface area contributed by atoms with Crippen LogP contribution in [0.2, 0.25) is 0 Å². The summed E-state index contributed by atoms with van der Waals surface area (Å²) in [4.78, 5) is 14.8. The Balaban J connectivity index is 1.37. The van der Waals surface area contributed by atoms with E-state index in [1.165, 1.54) is 122 Å². The van der Waals surface area contributed by atoms with Crippen molar-refractivity contribution < 1.29 is 9.53 Å². The maximum atomic E-state index is 12.1. The van der Waals surface area contributed by atoms with E-state index in [-0.39, 0.29) is 5.97 Å². The van der Waals surface area contributed by atoms with Crippen molar-refractivity contribution in [3.8, 4) is 0 Å². The Morgan fingerprint density at radius 3 is 2.00 bits per heavy atom. The molecule has 0 aromatic carbocycles. The highest BCUT2D eigenvalue weighted by Crippen LogP contribution is 2.31. The van der Waals surface area contributed by atoms with Crippen LogP contribution in [-0.4, -0.2) is 36.6 Å². The number of esters is 1. The standard InChI is InChI=1S/C26H49NO2/c1-2-3-4-5-6-7-8-9-10-11-12-13-14-20-26(28)29-23-24-18-17-22-27-21-16-15-19-25(24)27/h24-25H,2-23H2,1H3. The summed E-state index contributed by atoms with van der Waals surface area (Å²) in [6.07, 6.45) is 24.6. The minimum Gasteiger partial charge on any atom is -0.465 e. The van der Waals surface area contributed by atoms with Crippen LogP contribution in [0, 0.1) is 5.92 Å². The molecule has 2 atom stereocenters. The molecular formula is C26H49NO2. The molecule has 2 heterocycles. The average molecular weight is 408 g/mol. The zero-order valence-electron chi connectivity index (χ0n) is 19.5. The van der Waals surface area contributed by atoms with Gasteiger partial charge in [0.25, 0.3) is 0 Å². The second-order valence-electron chi connectivity index (χ2n) is 9.68. The fourth-order valence-electron chi connectivity index (χ4n) is 5.33. The zero-order chi connectivity index (χ0) is 20.6. The molecule has 0 spiro atoms. The Kier molecular flexibility index (Phi) is 13.8. The predicted octanol–water partition coefficient (Wildman–Crippen LogP) is 7.28. The molecule has 29 heavy (non-hydrogen) atoms. The molecule has 0 amide bonds. The first kappa shape index (κ1) is 24.7. The Morgan fingerprint density at radius 1 is 0.759 bits per heavy atom. The monoisotopic (exact) mass is 407 g/mol. The molecule has 0 radical (unpaired) electrons. The molecule has 2 unspecified atom stereocenters. The van der Waals surface area contributed by atoms with E-state index in [1.54, 1.807) is 0 Å². The minimum absolute atomic E-state index is 0.0426. The number of rotatable bonds is 16. The van der Waals surface area contributed by atoms with Gasteiger partial charge >= 0.3 is 5.97 Å². The first-order valence-electron chi connectivity index (χ1n) is 13.2. The lowest BCUT2D eigenvalue weighted by Crippen LogP contribution is -2.49. The third-order valence-corrected chi connectivity index (χ3v) is 7.17. The van der Waals surface area contributed by atoms with Gasteiger partial charge in [-0.2, -0.15) is 0 Å². The van der Waals surface area contributed by atoms with Gasteiger partial charge in [-0.3, -0.25) is 9.69 Å². The summed E-state index contributed by atoms with van der Waals surface area (Å²) in [5.41, 5.74) is 0. The van der Waals surface area contributed by atoms with E-state index < -0.39 is 0 Å². The summed E-state index contributed by atoms with van der Waals surface area (Å²) in [6, 6.07) is 0.682. The van der Waals surface area contributed by atoms with Crippen LogP contribution in [0.1, 0.15) is 129 Å². The summed E-state index contributed by atoms with van der Waals surface area (Å²) in [5.74, 6) is 0.626. The van der Waals surface area contributed by atoms with Crippen molar-refractivity contribution in [2.75, 3.05) is 19.7 Å². The molecule has 2 aliphatic heterocycles. The quantitative estimate of drug-likeness (QED) is 0.199. The van der Waals surface area contributed by atoms with Crippen molar-refractivity contribution in [3.05, 3.63) is 0 Å². The average Bonchev–Trinajstić information content (AvgIpc) is 2.75. The van der Waals surface area contributed by atoms with Crippen molar-refractivity contribution in [2.24, 2.45) is 5.92 Å². The van der Waals surface area contributed by atoms with Gasteiger partial charge in [0, 0.05) is 18.4 Å². The zero-order valence-corrected chi connectivity index (χ0v) is 19.5. The van der Waals surface area contributed by atoms with E-state index in [1.807, 2.05) is 0 Å². The summed E-state index contributed by atoms with van der Waals surface area (Å²) < 4.78 is 5.67. The van der Waals surface area contributed by atoms with E-state index in [2.05, 4.69) is 11.8 Å². The molecule has 170 valence electrons. The smallest absolute Gasteiger partial charge is 0.305 e. The fourth-order valence-corrected chi connectivity index (χ4v) is 5.33. The van der Waals surface area contributed by atoms with Crippen LogP contribution in [-0.2, 0) is 9.53 Å². The minimum atomic E-state index is 0.0426. The predicted molar refractivity (Wildman–Crippen MR) is 123 cm³/mol. The molecule has 2 aliphatic rings. The van der Waals surface area contributed by atoms with Crippen molar-refractivity contribution in [3.63, 3.8) is 0 Å². The van der Waals surface area contributed by atoms with Crippen LogP contribution in [0.5, 0.6) is 0 Å². The van der Waals surface area contributed by atoms with Gasteiger partial charge in [0.05, 0.1) is 6.61 Å². The lowest BCUT2D eigenvalue weighted by atomic mass is 9.84. The second-order valence-corrected chi connectivity index (χ2v) is 9.68. The number of carbonyl (C=O) groups is 1. The fraction of sp³-hybridized carbons (Fsp3) is 0.962. The Morgan fingerprint density at radius 2 is 1.34 bits per heavy atom. The van der Waals surface area contributed by atoms with Crippen molar-refractivity contribution in [1.82, 2.24) is 4.90 Å². The third-order valence-electron chi connectivity index (χ3n) is 7.17. The highest BCUT2D eigenvalue weighted by molar-refractivity contribution is 5.69. The third kappa shape index (κ3) is 10.9. The topological polar surface area (TPSA) is 29.5 Å². The van der Waals surface area contributed by atoms with Gasteiger partial charge in [-0.25, -0.2) is 0 Å². The molecule has 0 bridgehead atoms. The molecular weight excluding hydrogens is 358 g/mol. The van der Waals surface area contributed by atoms with E-state index in [0.29, 0.717) is 25.0 Å². The SMILES string of the molecule is CCCCCCCCCCCCCCCC(=O)OCC1CCCN2CCCCC12. The number of piperidine rings is 2. The van der Waals surface area contributed by atoms with E-state index in [0.717, 1.165) is 6.42 Å². The van der Waals surface area contributed by atoms with Crippen LogP contribution < -0.4 is 0 Å². The summed E-state index contributed by atoms with van der Waals surface area (Å²) in [7, 11) is 0. The molecule has 3 nitrogen and oxygen atoms in total. The van der Waals surface area contributed by atoms with Gasteiger partial charge < -0.3 is 4.74 Å². The highest BCUT2D eigenvalue weighted by Gasteiger charge is 2.33. The van der Waals surface area contributed by atoms with E-state index in [9.17, 15) is 4.79 Å². The number of unbranched alkanes of at least 4 members (excludes halogenated alkanes) is 12. The number of hydrogen-bond donors (Lipinski definition) is 0. The van der Waals surface area contributed by atoms with Crippen LogP contribution >= 0.6 is 0 Å². The summed E-state index contributed by atoms with van der Waals surface area (Å²) >= 11 is 0. The molecule has 0 saturated carbocycles. The van der Waals surface area contributed by atoms with Gasteiger partial charge in [0.15, 0.2) is 0 Å². The number of fused-ring (bicyclic) bond motifs is 1. The van der Waals surface area contributed by atoms with Gasteiger partial charge in [0.1, 0.15) is 0 Å². The Bertz CT molecular complexity index is 410. The maximum Gasteiger partial charge on any atom is 0.305 e. The highest BCUT2D eigenvalue weighted by atomic mass is 16.5. The van der Waals surface area contributed by atoms with Gasteiger partial charge in [-0.15, -0.1) is 0 Å². The molecule has 2 rings (SSSR count). The Hall–Kier alpha value is -0.570. The van der Waals surface area contributed by atoms with Crippen LogP contribution in [0.4, 0.5) is 0 Å². The second kappa shape index (κ2) is 16.2. The van der Waals surface area contributed by atoms with Crippen LogP contribution in [0.15, 0.2) is 0 Å². The maximum absolute atomic E-state index is 12.1. The Labute approximate surface area is 181 Å². The van der Waals surface area contributed by atoms with Crippen molar-refractivity contribution >= 4 is 5.97 Å². The van der Waals surface area contributed by atoms with Crippen molar-refractivity contribution in [2.45, 2.75) is 135 Å². The summed E-state index contributed by atoms with van der Waals surface area (Å²) in [6.45, 7) is 5.46. The molecule has 0 aliphatic carbocycles. The normalized spacial score (nSPS) is 22.4. The van der Waals surface area contributed by atoms with Crippen LogP contribution in [0.25, 0.3) is 0 Å². The van der Waals surface area contributed by atoms with Gasteiger partial charge in [-0.1, -0.05) is 90.4 Å². The first-order valence-corrected chi connectivity index (χ1v) is 13.2. The number of hydrogen-bond acceptors (Lipinski definition) is 3. The molecule has 0 aromatic heterocycles. The summed E-state index contributed by atoms with van der Waals surface area (Å²) in [5, 5.41) is 0. The number of nitrogens with zero attached hydrogens (tertiary/aromatic N) is 1. The molecule has 3 heteroatoms. The molecule has 0 aromatic rings. The lowest BCUT2D eigenvalue weighted by molar-refractivity contribution is -0.146. The first-order chi connectivity index (χ1) is 14.3.